The van der Waals surface area contributed by atoms with Crippen LogP contribution >= 0.6 is 23.4 Å². The van der Waals surface area contributed by atoms with Gasteiger partial charge in [-0.15, -0.1) is 5.10 Å². The van der Waals surface area contributed by atoms with Crippen LogP contribution in [0.4, 0.5) is 5.95 Å². The van der Waals surface area contributed by atoms with E-state index in [2.05, 4.69) is 29.2 Å². The molecule has 7 heteroatoms. The van der Waals surface area contributed by atoms with E-state index in [4.69, 9.17) is 11.6 Å². The number of carbonyl (C=O) groups is 1. The van der Waals surface area contributed by atoms with E-state index < -0.39 is 0 Å². The van der Waals surface area contributed by atoms with Crippen LogP contribution in [0.15, 0.2) is 40.7 Å². The fourth-order valence-electron chi connectivity index (χ4n) is 3.56. The smallest absolute Gasteiger partial charge is 0.227 e. The van der Waals surface area contributed by atoms with Crippen molar-refractivity contribution >= 4 is 35.1 Å². The van der Waals surface area contributed by atoms with Crippen LogP contribution in [0.5, 0.6) is 0 Å². The molecule has 2 aromatic rings. The summed E-state index contributed by atoms with van der Waals surface area (Å²) in [5.74, 6) is 2.10. The number of aromatic nitrogens is 3. The summed E-state index contributed by atoms with van der Waals surface area (Å²) in [4.78, 5) is 17.5. The third-order valence-corrected chi connectivity index (χ3v) is 5.50. The number of hydrogen-bond donors (Lipinski definition) is 1. The van der Waals surface area contributed by atoms with Gasteiger partial charge in [0, 0.05) is 22.7 Å². The van der Waals surface area contributed by atoms with Crippen molar-refractivity contribution in [2.75, 3.05) is 11.1 Å². The number of ketones is 1. The Morgan fingerprint density at radius 1 is 1.40 bits per heavy atom. The van der Waals surface area contributed by atoms with E-state index >= 15 is 0 Å². The molecule has 0 spiro atoms. The monoisotopic (exact) mass is 374 g/mol. The van der Waals surface area contributed by atoms with Crippen LogP contribution in [-0.4, -0.2) is 26.3 Å². The zero-order valence-corrected chi connectivity index (χ0v) is 15.7. The SMILES string of the molecule is CCSc1nc2n(n1)[C@H](c1cccc(Cl)c1)C1=C(C[C@@H](C)CC1=O)N2. The average molecular weight is 375 g/mol. The average Bonchev–Trinajstić information content (AvgIpc) is 2.95. The third kappa shape index (κ3) is 2.98. The topological polar surface area (TPSA) is 59.8 Å². The van der Waals surface area contributed by atoms with E-state index in [1.165, 1.54) is 0 Å². The maximum absolute atomic E-state index is 12.9. The largest absolute Gasteiger partial charge is 0.328 e. The van der Waals surface area contributed by atoms with Gasteiger partial charge in [-0.25, -0.2) is 4.68 Å². The number of nitrogens with one attached hydrogen (secondary N) is 1. The van der Waals surface area contributed by atoms with E-state index in [-0.39, 0.29) is 11.8 Å². The van der Waals surface area contributed by atoms with Crippen LogP contribution in [0.1, 0.15) is 38.3 Å². The molecule has 130 valence electrons. The lowest BCUT2D eigenvalue weighted by Gasteiger charge is -2.34. The standard InChI is InChI=1S/C18H19ClN4OS/c1-3-25-18-21-17-20-13-7-10(2)8-14(24)15(13)16(23(17)22-18)11-5-4-6-12(19)9-11/h4-6,9-10,16H,3,7-8H2,1-2H3,(H,20,21,22)/t10-,16-/m1/s1. The molecule has 2 heterocycles. The van der Waals surface area contributed by atoms with Gasteiger partial charge in [0.1, 0.15) is 6.04 Å². The molecule has 0 saturated heterocycles. The molecule has 1 aliphatic carbocycles. The van der Waals surface area contributed by atoms with Crippen molar-refractivity contribution < 1.29 is 4.79 Å². The van der Waals surface area contributed by atoms with Gasteiger partial charge in [0.25, 0.3) is 0 Å². The Balaban J connectivity index is 1.88. The van der Waals surface area contributed by atoms with Crippen LogP contribution in [-0.2, 0) is 4.79 Å². The predicted octanol–water partition coefficient (Wildman–Crippen LogP) is 4.31. The Morgan fingerprint density at radius 3 is 3.00 bits per heavy atom. The summed E-state index contributed by atoms with van der Waals surface area (Å²) in [6, 6.07) is 7.38. The van der Waals surface area contributed by atoms with Crippen LogP contribution in [0.3, 0.4) is 0 Å². The van der Waals surface area contributed by atoms with Crippen molar-refractivity contribution in [1.82, 2.24) is 14.8 Å². The minimum Gasteiger partial charge on any atom is -0.328 e. The van der Waals surface area contributed by atoms with Gasteiger partial charge >= 0.3 is 0 Å². The molecule has 1 N–H and O–H groups in total. The molecule has 0 radical (unpaired) electrons. The van der Waals surface area contributed by atoms with Gasteiger partial charge in [-0.05, 0) is 35.8 Å². The van der Waals surface area contributed by atoms with E-state index in [9.17, 15) is 4.79 Å². The second-order valence-electron chi connectivity index (χ2n) is 6.51. The van der Waals surface area contributed by atoms with Crippen molar-refractivity contribution in [2.24, 2.45) is 5.92 Å². The summed E-state index contributed by atoms with van der Waals surface area (Å²) < 4.78 is 1.83. The highest BCUT2D eigenvalue weighted by Gasteiger charge is 2.38. The zero-order chi connectivity index (χ0) is 17.6. The molecular formula is C18H19ClN4OS. The molecule has 0 unspecified atom stereocenters. The normalized spacial score (nSPS) is 22.4. The highest BCUT2D eigenvalue weighted by atomic mass is 35.5. The number of carbonyl (C=O) groups excluding carboxylic acids is 1. The molecule has 0 fully saturated rings. The van der Waals surface area contributed by atoms with Gasteiger partial charge < -0.3 is 5.32 Å². The molecule has 0 bridgehead atoms. The predicted molar refractivity (Wildman–Crippen MR) is 100 cm³/mol. The summed E-state index contributed by atoms with van der Waals surface area (Å²) in [5, 5.41) is 9.38. The third-order valence-electron chi connectivity index (χ3n) is 4.54. The summed E-state index contributed by atoms with van der Waals surface area (Å²) in [5.41, 5.74) is 2.73. The molecular weight excluding hydrogens is 356 g/mol. The van der Waals surface area contributed by atoms with Crippen LogP contribution < -0.4 is 5.32 Å². The van der Waals surface area contributed by atoms with Gasteiger partial charge in [0.2, 0.25) is 11.1 Å². The minimum absolute atomic E-state index is 0.178. The van der Waals surface area contributed by atoms with E-state index in [1.54, 1.807) is 11.8 Å². The van der Waals surface area contributed by atoms with Crippen molar-refractivity contribution in [1.29, 1.82) is 0 Å². The molecule has 1 aliphatic heterocycles. The van der Waals surface area contributed by atoms with Crippen LogP contribution in [0, 0.1) is 5.92 Å². The first-order valence-electron chi connectivity index (χ1n) is 8.45. The maximum Gasteiger partial charge on any atom is 0.227 e. The molecule has 2 aliphatic rings. The van der Waals surface area contributed by atoms with E-state index in [0.717, 1.165) is 34.2 Å². The second kappa shape index (κ2) is 6.50. The molecule has 25 heavy (non-hydrogen) atoms. The van der Waals surface area contributed by atoms with Crippen molar-refractivity contribution in [2.45, 2.75) is 37.9 Å². The number of thioether (sulfide) groups is 1. The lowest BCUT2D eigenvalue weighted by atomic mass is 9.81. The highest BCUT2D eigenvalue weighted by molar-refractivity contribution is 7.99. The highest BCUT2D eigenvalue weighted by Crippen LogP contribution is 2.42. The lowest BCUT2D eigenvalue weighted by Crippen LogP contribution is -2.33. The van der Waals surface area contributed by atoms with E-state index in [0.29, 0.717) is 23.3 Å². The molecule has 4 rings (SSSR count). The van der Waals surface area contributed by atoms with Crippen LogP contribution in [0.2, 0.25) is 5.02 Å². The fourth-order valence-corrected chi connectivity index (χ4v) is 4.32. The summed E-state index contributed by atoms with van der Waals surface area (Å²) in [6.07, 6.45) is 1.42. The summed E-state index contributed by atoms with van der Waals surface area (Å²) in [6.45, 7) is 4.18. The Morgan fingerprint density at radius 2 is 2.24 bits per heavy atom. The van der Waals surface area contributed by atoms with Gasteiger partial charge in [-0.3, -0.25) is 4.79 Å². The molecule has 1 aromatic carbocycles. The summed E-state index contributed by atoms with van der Waals surface area (Å²) >= 11 is 7.81. The first-order valence-corrected chi connectivity index (χ1v) is 9.81. The lowest BCUT2D eigenvalue weighted by molar-refractivity contribution is -0.117. The summed E-state index contributed by atoms with van der Waals surface area (Å²) in [7, 11) is 0. The first kappa shape index (κ1) is 16.7. The number of rotatable bonds is 3. The quantitative estimate of drug-likeness (QED) is 0.811. The maximum atomic E-state index is 12.9. The number of benzene rings is 1. The van der Waals surface area contributed by atoms with Crippen LogP contribution in [0.25, 0.3) is 0 Å². The van der Waals surface area contributed by atoms with Gasteiger partial charge in [0.05, 0.1) is 0 Å². The number of Topliss-reactive ketones (excluding diaryl/α,β-unsaturated/α-hetero) is 1. The molecule has 0 saturated carbocycles. The number of halogens is 1. The fraction of sp³-hybridized carbons (Fsp3) is 0.389. The minimum atomic E-state index is -0.274. The first-order chi connectivity index (χ1) is 12.1. The molecule has 1 aromatic heterocycles. The Bertz CT molecular complexity index is 876. The number of allylic oxidation sites excluding steroid dienone is 2. The second-order valence-corrected chi connectivity index (χ2v) is 8.17. The Labute approximate surface area is 155 Å². The van der Waals surface area contributed by atoms with Crippen molar-refractivity contribution in [3.63, 3.8) is 0 Å². The molecule has 0 amide bonds. The number of fused-ring (bicyclic) bond motifs is 1. The van der Waals surface area contributed by atoms with Gasteiger partial charge in [-0.1, -0.05) is 49.3 Å². The van der Waals surface area contributed by atoms with Crippen molar-refractivity contribution in [3.05, 3.63) is 46.1 Å². The molecule has 5 nitrogen and oxygen atoms in total. The van der Waals surface area contributed by atoms with Gasteiger partial charge in [-0.2, -0.15) is 4.98 Å². The van der Waals surface area contributed by atoms with E-state index in [1.807, 2.05) is 28.9 Å². The molecule has 2 atom stereocenters. The number of anilines is 1. The van der Waals surface area contributed by atoms with Crippen molar-refractivity contribution in [3.8, 4) is 0 Å². The number of hydrogen-bond acceptors (Lipinski definition) is 5. The zero-order valence-electron chi connectivity index (χ0n) is 14.1. The Kier molecular flexibility index (Phi) is 4.33. The van der Waals surface area contributed by atoms with Gasteiger partial charge in [0.15, 0.2) is 5.78 Å². The Hall–Kier alpha value is -1.79. The number of nitrogens with zero attached hydrogens (tertiary/aromatic N) is 3.